The van der Waals surface area contributed by atoms with E-state index in [0.717, 1.165) is 62.8 Å². The maximum Gasteiger partial charge on any atom is 0.411 e. The maximum absolute atomic E-state index is 14.4. The number of benzene rings is 3. The molecule has 43 heavy (non-hydrogen) atoms. The van der Waals surface area contributed by atoms with Crippen LogP contribution >= 0.6 is 0 Å². The highest BCUT2D eigenvalue weighted by atomic mass is 19.4. The summed E-state index contributed by atoms with van der Waals surface area (Å²) in [5, 5.41) is 4.53. The first kappa shape index (κ1) is 32.6. The number of alkyl halides is 6. The predicted octanol–water partition coefficient (Wildman–Crippen LogP) is 5.59. The molecule has 3 aromatic rings. The second-order valence-corrected chi connectivity index (χ2v) is 9.15. The number of nitrogens with one attached hydrogen (secondary N) is 2. The molecule has 0 heterocycles. The Morgan fingerprint density at radius 1 is 0.628 bits per heavy atom. The van der Waals surface area contributed by atoms with Crippen LogP contribution in [0.4, 0.5) is 32.0 Å². The van der Waals surface area contributed by atoms with Gasteiger partial charge in [0.15, 0.2) is 0 Å². The molecule has 3 rings (SSSR count). The maximum atomic E-state index is 14.4. The Morgan fingerprint density at radius 3 is 1.40 bits per heavy atom. The summed E-state index contributed by atoms with van der Waals surface area (Å²) >= 11 is 0. The van der Waals surface area contributed by atoms with E-state index < -0.39 is 69.3 Å². The van der Waals surface area contributed by atoms with Crippen molar-refractivity contribution in [3.05, 3.63) is 99.6 Å². The number of anilines is 1. The van der Waals surface area contributed by atoms with E-state index in [4.69, 9.17) is 0 Å². The average Bonchev–Trinajstić information content (AvgIpc) is 2.95. The van der Waals surface area contributed by atoms with Gasteiger partial charge in [0, 0.05) is 12.7 Å². The van der Waals surface area contributed by atoms with Crippen molar-refractivity contribution in [3.8, 4) is 0 Å². The molecule has 0 saturated heterocycles. The summed E-state index contributed by atoms with van der Waals surface area (Å²) in [5.74, 6) is -4.03. The van der Waals surface area contributed by atoms with E-state index in [-0.39, 0.29) is 11.3 Å². The molecule has 0 bridgehead atoms. The van der Waals surface area contributed by atoms with Crippen LogP contribution in [0.5, 0.6) is 0 Å². The number of aryl methyl sites for hydroxylation is 1. The van der Waals surface area contributed by atoms with Gasteiger partial charge in [0.2, 0.25) is 5.41 Å². The fourth-order valence-electron chi connectivity index (χ4n) is 4.46. The van der Waals surface area contributed by atoms with Gasteiger partial charge in [-0.05, 0) is 42.3 Å². The highest BCUT2D eigenvalue weighted by molar-refractivity contribution is 6.15. The van der Waals surface area contributed by atoms with Crippen molar-refractivity contribution in [2.24, 2.45) is 0 Å². The third kappa shape index (κ3) is 6.03. The highest BCUT2D eigenvalue weighted by Crippen LogP contribution is 2.56. The van der Waals surface area contributed by atoms with Crippen molar-refractivity contribution in [2.75, 3.05) is 26.6 Å². The molecule has 2 N–H and O–H groups in total. The Kier molecular flexibility index (Phi) is 9.22. The summed E-state index contributed by atoms with van der Waals surface area (Å²) in [7, 11) is 3.23. The molecule has 0 spiro atoms. The number of hydrogen-bond donors (Lipinski definition) is 2. The smallest absolute Gasteiger partial charge is 0.411 e. The van der Waals surface area contributed by atoms with Crippen molar-refractivity contribution < 1.29 is 55.0 Å². The lowest BCUT2D eigenvalue weighted by atomic mass is 9.72. The Hall–Kier alpha value is -4.88. The van der Waals surface area contributed by atoms with Gasteiger partial charge in [-0.15, -0.1) is 0 Å². The topological polar surface area (TPSA) is 111 Å². The number of amides is 2. The second kappa shape index (κ2) is 12.2. The fourth-order valence-corrected chi connectivity index (χ4v) is 4.46. The van der Waals surface area contributed by atoms with Gasteiger partial charge in [0.1, 0.15) is 0 Å². The first-order valence-electron chi connectivity index (χ1n) is 12.2. The number of esters is 2. The van der Waals surface area contributed by atoms with Gasteiger partial charge in [-0.2, -0.15) is 26.3 Å². The molecule has 0 aliphatic carbocycles. The molecule has 0 aromatic heterocycles. The van der Waals surface area contributed by atoms with Crippen LogP contribution in [0, 0.1) is 6.92 Å². The zero-order valence-electron chi connectivity index (χ0n) is 23.0. The van der Waals surface area contributed by atoms with Crippen molar-refractivity contribution in [1.29, 1.82) is 0 Å². The lowest BCUT2D eigenvalue weighted by molar-refractivity contribution is -0.288. The van der Waals surface area contributed by atoms with Crippen molar-refractivity contribution in [3.63, 3.8) is 0 Å². The molecule has 0 unspecified atom stereocenters. The minimum absolute atomic E-state index is 0.248. The molecule has 228 valence electrons. The number of carbonyl (C=O) groups excluding carboxylic acids is 4. The molecule has 0 radical (unpaired) electrons. The van der Waals surface area contributed by atoms with E-state index in [2.05, 4.69) is 20.1 Å². The van der Waals surface area contributed by atoms with E-state index in [0.29, 0.717) is 17.7 Å². The van der Waals surface area contributed by atoms with Gasteiger partial charge in [0.05, 0.1) is 36.5 Å². The molecule has 0 aliphatic heterocycles. The molecule has 2 amide bonds. The molecule has 0 aliphatic rings. The van der Waals surface area contributed by atoms with Gasteiger partial charge in [-0.1, -0.05) is 42.0 Å². The van der Waals surface area contributed by atoms with E-state index >= 15 is 0 Å². The first-order chi connectivity index (χ1) is 20.0. The molecular formula is C29H24F6N2O6. The number of ether oxygens (including phenoxy) is 2. The summed E-state index contributed by atoms with van der Waals surface area (Å²) in [6.45, 7) is 1.51. The van der Waals surface area contributed by atoms with Crippen LogP contribution < -0.4 is 10.6 Å². The summed E-state index contributed by atoms with van der Waals surface area (Å²) < 4.78 is 95.6. The van der Waals surface area contributed by atoms with Gasteiger partial charge in [0.25, 0.3) is 11.8 Å². The van der Waals surface area contributed by atoms with Crippen LogP contribution in [0.25, 0.3) is 0 Å². The molecule has 14 heteroatoms. The third-order valence-corrected chi connectivity index (χ3v) is 6.60. The zero-order valence-corrected chi connectivity index (χ0v) is 23.0. The monoisotopic (exact) mass is 610 g/mol. The first-order valence-corrected chi connectivity index (χ1v) is 12.2. The van der Waals surface area contributed by atoms with E-state index in [1.807, 2.05) is 0 Å². The van der Waals surface area contributed by atoms with Crippen LogP contribution in [-0.4, -0.2) is 57.4 Å². The molecule has 3 aromatic carbocycles. The number of methoxy groups -OCH3 is 2. The normalized spacial score (nSPS) is 11.9. The minimum Gasteiger partial charge on any atom is -0.465 e. The lowest BCUT2D eigenvalue weighted by Crippen LogP contribution is -2.54. The Balaban J connectivity index is 2.12. The summed E-state index contributed by atoms with van der Waals surface area (Å²) in [5.41, 5.74) is -8.10. The largest absolute Gasteiger partial charge is 0.465 e. The van der Waals surface area contributed by atoms with E-state index in [1.165, 1.54) is 14.0 Å². The average molecular weight is 611 g/mol. The Labute approximate surface area is 241 Å². The third-order valence-electron chi connectivity index (χ3n) is 6.60. The summed E-state index contributed by atoms with van der Waals surface area (Å²) in [6, 6.07) is 8.36. The number of carbonyl (C=O) groups is 4. The van der Waals surface area contributed by atoms with Crippen molar-refractivity contribution >= 4 is 29.4 Å². The summed E-state index contributed by atoms with van der Waals surface area (Å²) in [4.78, 5) is 50.3. The summed E-state index contributed by atoms with van der Waals surface area (Å²) in [6.07, 6.45) is -11.6. The van der Waals surface area contributed by atoms with Gasteiger partial charge in [-0.25, -0.2) is 9.59 Å². The zero-order chi connectivity index (χ0) is 32.3. The quantitative estimate of drug-likeness (QED) is 0.267. The SMILES string of the molecule is CNC(=O)c1cc(C(=O)OC)c(C(=O)Nc2ccc(C(c3ccc(C)cc3)(C(F)(F)F)C(F)(F)F)cc2)cc1C(=O)OC. The molecule has 0 atom stereocenters. The van der Waals surface area contributed by atoms with Gasteiger partial charge in [-0.3, -0.25) is 9.59 Å². The number of hydrogen-bond acceptors (Lipinski definition) is 6. The number of rotatable bonds is 7. The van der Waals surface area contributed by atoms with Crippen LogP contribution in [0.15, 0.2) is 60.7 Å². The molecular weight excluding hydrogens is 586 g/mol. The fraction of sp³-hybridized carbons (Fsp3) is 0.241. The standard InChI is InChI=1S/C29H24F6N2O6/c1-15-5-7-16(8-6-15)27(28(30,31)32,29(33,34)35)17-9-11-18(12-10-17)37-24(39)20-14-21(25(40)42-3)19(23(38)36-2)13-22(20)26(41)43-4/h5-14H,1-4H3,(H,36,38)(H,37,39). The second-order valence-electron chi connectivity index (χ2n) is 9.15. The van der Waals surface area contributed by atoms with E-state index in [9.17, 15) is 45.5 Å². The number of halogens is 6. The molecule has 0 saturated carbocycles. The highest BCUT2D eigenvalue weighted by Gasteiger charge is 2.72. The van der Waals surface area contributed by atoms with Crippen LogP contribution in [0.2, 0.25) is 0 Å². The van der Waals surface area contributed by atoms with Crippen LogP contribution in [-0.2, 0) is 14.9 Å². The van der Waals surface area contributed by atoms with Gasteiger partial charge < -0.3 is 20.1 Å². The minimum atomic E-state index is -5.81. The van der Waals surface area contributed by atoms with E-state index in [1.54, 1.807) is 0 Å². The van der Waals surface area contributed by atoms with Gasteiger partial charge >= 0.3 is 24.3 Å². The molecule has 0 fully saturated rings. The Morgan fingerprint density at radius 2 is 1.02 bits per heavy atom. The van der Waals surface area contributed by atoms with Crippen molar-refractivity contribution in [1.82, 2.24) is 5.32 Å². The van der Waals surface area contributed by atoms with Crippen LogP contribution in [0.1, 0.15) is 58.1 Å². The van der Waals surface area contributed by atoms with Crippen molar-refractivity contribution in [2.45, 2.75) is 24.7 Å². The Bertz CT molecular complexity index is 1530. The predicted molar refractivity (Wildman–Crippen MR) is 141 cm³/mol. The lowest BCUT2D eigenvalue weighted by Gasteiger charge is -2.38. The van der Waals surface area contributed by atoms with Crippen LogP contribution in [0.3, 0.4) is 0 Å². The molecule has 8 nitrogen and oxygen atoms in total.